The molecule has 1 aromatic carbocycles. The maximum absolute atomic E-state index is 12.1. The summed E-state index contributed by atoms with van der Waals surface area (Å²) >= 11 is 1.36. The van der Waals surface area contributed by atoms with Crippen molar-refractivity contribution in [3.05, 3.63) is 45.6 Å². The van der Waals surface area contributed by atoms with Gasteiger partial charge >= 0.3 is 0 Å². The number of ether oxygens (including phenoxy) is 1. The second kappa shape index (κ2) is 7.12. The Bertz CT molecular complexity index is 795. The molecule has 0 radical (unpaired) electrons. The van der Waals surface area contributed by atoms with Crippen molar-refractivity contribution in [3.63, 3.8) is 0 Å². The molecular weight excluding hydrogens is 336 g/mol. The van der Waals surface area contributed by atoms with Crippen LogP contribution in [0.5, 0.6) is 5.75 Å². The van der Waals surface area contributed by atoms with E-state index in [0.29, 0.717) is 10.6 Å². The summed E-state index contributed by atoms with van der Waals surface area (Å²) in [7, 11) is -2.33. The Morgan fingerprint density at radius 2 is 1.91 bits per heavy atom. The third-order valence-corrected chi connectivity index (χ3v) is 5.88. The lowest BCUT2D eigenvalue weighted by Gasteiger charge is -2.08. The molecule has 0 spiro atoms. The molecule has 2 N–H and O–H groups in total. The van der Waals surface area contributed by atoms with Gasteiger partial charge in [0.15, 0.2) is 0 Å². The van der Waals surface area contributed by atoms with Gasteiger partial charge in [-0.15, -0.1) is 16.2 Å². The van der Waals surface area contributed by atoms with Gasteiger partial charge in [-0.25, -0.2) is 8.42 Å². The van der Waals surface area contributed by atoms with Crippen LogP contribution in [0, 0.1) is 6.92 Å². The number of sulfonamides is 1. The largest absolute Gasteiger partial charge is 0.497 e. The summed E-state index contributed by atoms with van der Waals surface area (Å²) in [5, 5.41) is 0. The summed E-state index contributed by atoms with van der Waals surface area (Å²) in [4.78, 5) is 15.8. The van der Waals surface area contributed by atoms with Crippen LogP contribution < -0.4 is 15.0 Å². The van der Waals surface area contributed by atoms with Crippen LogP contribution in [0.15, 0.2) is 35.2 Å². The summed E-state index contributed by atoms with van der Waals surface area (Å²) in [6.07, 6.45) is 0.835. The molecule has 0 atom stereocenters. The van der Waals surface area contributed by atoms with E-state index in [1.165, 1.54) is 42.7 Å². The molecule has 1 heterocycles. The molecule has 0 aliphatic rings. The molecule has 0 aliphatic carbocycles. The molecule has 0 saturated carbocycles. The Morgan fingerprint density at radius 1 is 1.26 bits per heavy atom. The summed E-state index contributed by atoms with van der Waals surface area (Å²) in [5.41, 5.74) is 3.26. The van der Waals surface area contributed by atoms with E-state index in [0.717, 1.165) is 16.9 Å². The fraction of sp³-hybridized carbons (Fsp3) is 0.267. The number of benzene rings is 1. The first-order valence-corrected chi connectivity index (χ1v) is 9.23. The highest BCUT2D eigenvalue weighted by atomic mass is 32.2. The SMILES string of the molecule is CCc1sc(C(=O)NNS(=O)(=O)c2ccc(OC)cc2)cc1C. The maximum Gasteiger partial charge on any atom is 0.276 e. The predicted molar refractivity (Wildman–Crippen MR) is 89.2 cm³/mol. The number of hydrogen-bond acceptors (Lipinski definition) is 5. The molecule has 2 aromatic rings. The minimum absolute atomic E-state index is 0.0372. The zero-order valence-corrected chi connectivity index (χ0v) is 14.7. The second-order valence-corrected chi connectivity index (χ2v) is 7.62. The van der Waals surface area contributed by atoms with Crippen molar-refractivity contribution in [2.75, 3.05) is 7.11 Å². The quantitative estimate of drug-likeness (QED) is 0.779. The van der Waals surface area contributed by atoms with E-state index in [-0.39, 0.29) is 4.90 Å². The summed E-state index contributed by atoms with van der Waals surface area (Å²) in [5.74, 6) is 0.0732. The van der Waals surface area contributed by atoms with Crippen LogP contribution >= 0.6 is 11.3 Å². The smallest absolute Gasteiger partial charge is 0.276 e. The van der Waals surface area contributed by atoms with Gasteiger partial charge in [-0.1, -0.05) is 6.92 Å². The average molecular weight is 354 g/mol. The number of hydrogen-bond donors (Lipinski definition) is 2. The summed E-state index contributed by atoms with van der Waals surface area (Å²) in [6, 6.07) is 7.62. The molecule has 0 bridgehead atoms. The molecule has 23 heavy (non-hydrogen) atoms. The fourth-order valence-corrected chi connectivity index (χ4v) is 3.82. The lowest BCUT2D eigenvalue weighted by molar-refractivity contribution is 0.0949. The number of hydrazine groups is 1. The number of nitrogens with one attached hydrogen (secondary N) is 2. The van der Waals surface area contributed by atoms with Crippen LogP contribution in [-0.4, -0.2) is 21.4 Å². The van der Waals surface area contributed by atoms with Crippen molar-refractivity contribution < 1.29 is 17.9 Å². The van der Waals surface area contributed by atoms with Crippen molar-refractivity contribution >= 4 is 27.3 Å². The van der Waals surface area contributed by atoms with Gasteiger partial charge < -0.3 is 4.74 Å². The van der Waals surface area contributed by atoms with E-state index in [1.54, 1.807) is 6.07 Å². The Balaban J connectivity index is 2.07. The molecule has 2 rings (SSSR count). The highest BCUT2D eigenvalue weighted by Crippen LogP contribution is 2.22. The first-order chi connectivity index (χ1) is 10.9. The monoisotopic (exact) mass is 354 g/mol. The van der Waals surface area contributed by atoms with Crippen molar-refractivity contribution in [2.24, 2.45) is 0 Å². The third-order valence-electron chi connectivity index (χ3n) is 3.23. The first kappa shape index (κ1) is 17.5. The topological polar surface area (TPSA) is 84.5 Å². The first-order valence-electron chi connectivity index (χ1n) is 6.93. The standard InChI is InChI=1S/C15H18N2O4S2/c1-4-13-10(2)9-14(22-13)15(18)16-17-23(19,20)12-7-5-11(21-3)6-8-12/h5-9,17H,4H2,1-3H3,(H,16,18). The Kier molecular flexibility index (Phi) is 5.40. The van der Waals surface area contributed by atoms with Crippen LogP contribution in [-0.2, 0) is 16.4 Å². The molecule has 0 saturated heterocycles. The van der Waals surface area contributed by atoms with Gasteiger partial charge in [0.25, 0.3) is 15.9 Å². The number of methoxy groups -OCH3 is 1. The van der Waals surface area contributed by atoms with E-state index in [1.807, 2.05) is 13.8 Å². The zero-order valence-electron chi connectivity index (χ0n) is 13.0. The minimum atomic E-state index is -3.83. The van der Waals surface area contributed by atoms with Gasteiger partial charge in [0.1, 0.15) is 5.75 Å². The van der Waals surface area contributed by atoms with Gasteiger partial charge in [0, 0.05) is 4.88 Å². The highest BCUT2D eigenvalue weighted by Gasteiger charge is 2.17. The van der Waals surface area contributed by atoms with Gasteiger partial charge in [-0.3, -0.25) is 10.2 Å². The van der Waals surface area contributed by atoms with Crippen LogP contribution in [0.2, 0.25) is 0 Å². The summed E-state index contributed by atoms with van der Waals surface area (Å²) < 4.78 is 29.2. The van der Waals surface area contributed by atoms with Crippen LogP contribution in [0.1, 0.15) is 27.0 Å². The van der Waals surface area contributed by atoms with Crippen LogP contribution in [0.3, 0.4) is 0 Å². The van der Waals surface area contributed by atoms with Crippen molar-refractivity contribution in [2.45, 2.75) is 25.2 Å². The number of carbonyl (C=O) groups is 1. The Morgan fingerprint density at radius 3 is 2.43 bits per heavy atom. The van der Waals surface area contributed by atoms with Crippen LogP contribution in [0.25, 0.3) is 0 Å². The molecule has 6 nitrogen and oxygen atoms in total. The highest BCUT2D eigenvalue weighted by molar-refractivity contribution is 7.89. The van der Waals surface area contributed by atoms with Gasteiger partial charge in [0.05, 0.1) is 16.9 Å². The molecule has 1 amide bonds. The third kappa shape index (κ3) is 4.10. The van der Waals surface area contributed by atoms with E-state index < -0.39 is 15.9 Å². The summed E-state index contributed by atoms with van der Waals surface area (Å²) in [6.45, 7) is 3.93. The predicted octanol–water partition coefficient (Wildman–Crippen LogP) is 2.25. The number of aryl methyl sites for hydroxylation is 2. The van der Waals surface area contributed by atoms with E-state index in [2.05, 4.69) is 10.3 Å². The van der Waals surface area contributed by atoms with Gasteiger partial charge in [-0.2, -0.15) is 0 Å². The number of amides is 1. The number of carbonyl (C=O) groups excluding carboxylic acids is 1. The van der Waals surface area contributed by atoms with Crippen molar-refractivity contribution in [1.82, 2.24) is 10.3 Å². The average Bonchev–Trinajstić information content (AvgIpc) is 2.93. The van der Waals surface area contributed by atoms with Gasteiger partial charge in [-0.05, 0) is 49.2 Å². The lowest BCUT2D eigenvalue weighted by atomic mass is 10.2. The minimum Gasteiger partial charge on any atom is -0.497 e. The molecule has 0 aliphatic heterocycles. The van der Waals surface area contributed by atoms with E-state index in [4.69, 9.17) is 4.74 Å². The molecule has 0 fully saturated rings. The number of rotatable bonds is 6. The number of thiophene rings is 1. The lowest BCUT2D eigenvalue weighted by Crippen LogP contribution is -2.41. The molecule has 1 aromatic heterocycles. The normalized spacial score (nSPS) is 11.3. The Labute approximate surface area is 139 Å². The molecule has 8 heteroatoms. The van der Waals surface area contributed by atoms with E-state index in [9.17, 15) is 13.2 Å². The molecule has 124 valence electrons. The van der Waals surface area contributed by atoms with Crippen molar-refractivity contribution in [1.29, 1.82) is 0 Å². The molecular formula is C15H18N2O4S2. The van der Waals surface area contributed by atoms with Crippen molar-refractivity contribution in [3.8, 4) is 5.75 Å². The Hall–Kier alpha value is -1.90. The fourth-order valence-electron chi connectivity index (χ4n) is 1.97. The van der Waals surface area contributed by atoms with E-state index >= 15 is 0 Å². The molecule has 0 unspecified atom stereocenters. The zero-order chi connectivity index (χ0) is 17.0. The van der Waals surface area contributed by atoms with Gasteiger partial charge in [0.2, 0.25) is 0 Å². The van der Waals surface area contributed by atoms with Crippen LogP contribution in [0.4, 0.5) is 0 Å². The second-order valence-electron chi connectivity index (χ2n) is 4.81. The maximum atomic E-state index is 12.1.